The monoisotopic (exact) mass is 618 g/mol. The molecule has 4 rings (SSSR count). The van der Waals surface area contributed by atoms with Gasteiger partial charge in [0, 0.05) is 8.95 Å². The number of halogens is 2. The summed E-state index contributed by atoms with van der Waals surface area (Å²) < 4.78 is 13.9. The van der Waals surface area contributed by atoms with Crippen LogP contribution in [-0.4, -0.2) is 30.2 Å². The Balaban J connectivity index is 2.13. The van der Waals surface area contributed by atoms with Gasteiger partial charge in [-0.15, -0.1) is 11.3 Å². The molecule has 0 aliphatic carbocycles. The first-order valence-electron chi connectivity index (χ1n) is 10.5. The van der Waals surface area contributed by atoms with Gasteiger partial charge in [0.25, 0.3) is 5.56 Å². The topological polar surface area (TPSA) is 101 Å². The minimum absolute atomic E-state index is 0.00458. The highest BCUT2D eigenvalue weighted by molar-refractivity contribution is 9.10. The van der Waals surface area contributed by atoms with E-state index in [4.69, 9.17) is 15.2 Å². The number of rotatable bonds is 5. The summed E-state index contributed by atoms with van der Waals surface area (Å²) in [6, 6.07) is 14.6. The normalized spacial score (nSPS) is 15.7. The number of benzene rings is 2. The minimum atomic E-state index is -0.893. The van der Waals surface area contributed by atoms with Gasteiger partial charge < -0.3 is 15.2 Å². The van der Waals surface area contributed by atoms with Crippen LogP contribution in [0.1, 0.15) is 24.0 Å². The highest BCUT2D eigenvalue weighted by Gasteiger charge is 2.39. The Bertz CT molecular complexity index is 1550. The van der Waals surface area contributed by atoms with Crippen molar-refractivity contribution in [1.29, 1.82) is 0 Å². The number of aromatic nitrogens is 1. The lowest BCUT2D eigenvalue weighted by Gasteiger charge is -2.26. The number of nitrogens with zero attached hydrogens (tertiary/aromatic N) is 1. The van der Waals surface area contributed by atoms with Crippen LogP contribution in [0.5, 0.6) is 0 Å². The molecule has 180 valence electrons. The maximum Gasteiger partial charge on any atom is 0.338 e. The number of esters is 2. The Kier molecular flexibility index (Phi) is 7.44. The molecule has 0 saturated carbocycles. The average molecular weight is 620 g/mol. The van der Waals surface area contributed by atoms with Crippen LogP contribution in [0.25, 0.3) is 17.5 Å². The van der Waals surface area contributed by atoms with Crippen molar-refractivity contribution in [3.05, 3.63) is 93.7 Å². The molecule has 0 saturated heterocycles. The second-order valence-electron chi connectivity index (χ2n) is 7.52. The van der Waals surface area contributed by atoms with E-state index >= 15 is 0 Å². The van der Waals surface area contributed by atoms with Crippen molar-refractivity contribution in [3.8, 4) is 0 Å². The fraction of sp³-hybridized carbons (Fsp3) is 0.160. The lowest BCUT2D eigenvalue weighted by Crippen LogP contribution is -2.41. The minimum Gasteiger partial charge on any atom is -0.466 e. The van der Waals surface area contributed by atoms with E-state index in [1.54, 1.807) is 31.2 Å². The van der Waals surface area contributed by atoms with Crippen molar-refractivity contribution < 1.29 is 19.1 Å². The Labute approximate surface area is 221 Å². The Morgan fingerprint density at radius 2 is 1.77 bits per heavy atom. The molecule has 1 aliphatic rings. The molecule has 3 aromatic rings. The van der Waals surface area contributed by atoms with E-state index < -0.39 is 23.4 Å². The molecule has 1 aliphatic heterocycles. The second kappa shape index (κ2) is 10.3. The summed E-state index contributed by atoms with van der Waals surface area (Å²) in [6.45, 7) is 1.81. The quantitative estimate of drug-likeness (QED) is 0.441. The molecule has 2 N–H and O–H groups in total. The fourth-order valence-electron chi connectivity index (χ4n) is 3.93. The maximum absolute atomic E-state index is 13.5. The molecule has 1 unspecified atom stereocenters. The van der Waals surface area contributed by atoms with E-state index in [1.807, 2.05) is 30.3 Å². The third-order valence-corrected chi connectivity index (χ3v) is 7.47. The van der Waals surface area contributed by atoms with Gasteiger partial charge in [-0.3, -0.25) is 9.36 Å². The van der Waals surface area contributed by atoms with Crippen LogP contribution in [0.4, 0.5) is 0 Å². The maximum atomic E-state index is 13.5. The molecule has 35 heavy (non-hydrogen) atoms. The van der Waals surface area contributed by atoms with E-state index in [9.17, 15) is 14.4 Å². The highest BCUT2D eigenvalue weighted by Crippen LogP contribution is 2.38. The van der Waals surface area contributed by atoms with E-state index in [1.165, 1.54) is 11.7 Å². The molecular formula is C25H20Br2N2O5S. The zero-order valence-electron chi connectivity index (χ0n) is 18.7. The lowest BCUT2D eigenvalue weighted by atomic mass is 9.83. The number of thiazole rings is 1. The summed E-state index contributed by atoms with van der Waals surface area (Å²) in [4.78, 5) is 39.8. The van der Waals surface area contributed by atoms with Crippen LogP contribution >= 0.6 is 43.2 Å². The summed E-state index contributed by atoms with van der Waals surface area (Å²) in [5, 5.41) is 0. The van der Waals surface area contributed by atoms with Crippen LogP contribution < -0.4 is 20.5 Å². The average Bonchev–Trinajstić information content (AvgIpc) is 3.14. The zero-order valence-corrected chi connectivity index (χ0v) is 22.7. The molecule has 0 spiro atoms. The number of hydrogen-bond donors (Lipinski definition) is 1. The molecule has 1 aromatic heterocycles. The molecular weight excluding hydrogens is 600 g/mol. The smallest absolute Gasteiger partial charge is 0.338 e. The Morgan fingerprint density at radius 1 is 1.09 bits per heavy atom. The number of nitrogens with two attached hydrogens (primary N) is 1. The van der Waals surface area contributed by atoms with Crippen LogP contribution in [0, 0.1) is 0 Å². The molecule has 2 aromatic carbocycles. The van der Waals surface area contributed by atoms with Gasteiger partial charge in [-0.05, 0) is 48.4 Å². The first-order valence-corrected chi connectivity index (χ1v) is 12.9. The molecule has 10 heteroatoms. The van der Waals surface area contributed by atoms with Crippen molar-refractivity contribution >= 4 is 72.6 Å². The van der Waals surface area contributed by atoms with Crippen LogP contribution in [0.2, 0.25) is 0 Å². The number of hydrogen-bond acceptors (Lipinski definition) is 7. The van der Waals surface area contributed by atoms with Crippen molar-refractivity contribution in [2.75, 3.05) is 13.7 Å². The van der Waals surface area contributed by atoms with Gasteiger partial charge >= 0.3 is 11.9 Å². The predicted octanol–water partition coefficient (Wildman–Crippen LogP) is 3.08. The lowest BCUT2D eigenvalue weighted by molar-refractivity contribution is -0.136. The van der Waals surface area contributed by atoms with Crippen molar-refractivity contribution in [1.82, 2.24) is 4.57 Å². The molecule has 1 atom stereocenters. The first kappa shape index (κ1) is 25.2. The molecule has 0 bridgehead atoms. The molecule has 2 heterocycles. The van der Waals surface area contributed by atoms with E-state index in [0.717, 1.165) is 25.8 Å². The molecule has 0 fully saturated rings. The van der Waals surface area contributed by atoms with Gasteiger partial charge in [-0.25, -0.2) is 9.59 Å². The van der Waals surface area contributed by atoms with Gasteiger partial charge in [0.2, 0.25) is 0 Å². The summed E-state index contributed by atoms with van der Waals surface area (Å²) in [5.74, 6) is -2.36. The predicted molar refractivity (Wildman–Crippen MR) is 142 cm³/mol. The standard InChI is InChI=1S/C25H20Br2N2O5S/c1-3-34-25(32)20-18(14-7-5-9-16(27)12-14)19(24(31)33-2)21(28)29-22(30)17(35-23(20)29)11-13-6-4-8-15(26)10-13/h4-12,18H,3,28H2,1-2H3/b17-11-. The third-order valence-electron chi connectivity index (χ3n) is 5.38. The van der Waals surface area contributed by atoms with Gasteiger partial charge in [0.05, 0.1) is 35.3 Å². The summed E-state index contributed by atoms with van der Waals surface area (Å²) in [7, 11) is 1.23. The van der Waals surface area contributed by atoms with Crippen LogP contribution in [0.15, 0.2) is 67.8 Å². The van der Waals surface area contributed by atoms with Gasteiger partial charge in [-0.2, -0.15) is 0 Å². The van der Waals surface area contributed by atoms with E-state index in [-0.39, 0.29) is 23.6 Å². The van der Waals surface area contributed by atoms with Crippen molar-refractivity contribution in [2.45, 2.75) is 12.8 Å². The number of fused-ring (bicyclic) bond motifs is 1. The Morgan fingerprint density at radius 3 is 2.40 bits per heavy atom. The molecule has 0 amide bonds. The van der Waals surface area contributed by atoms with E-state index in [0.29, 0.717) is 14.8 Å². The van der Waals surface area contributed by atoms with Gasteiger partial charge in [-0.1, -0.05) is 56.1 Å². The largest absolute Gasteiger partial charge is 0.466 e. The van der Waals surface area contributed by atoms with Gasteiger partial charge in [0.1, 0.15) is 10.5 Å². The van der Waals surface area contributed by atoms with Crippen molar-refractivity contribution in [2.24, 2.45) is 5.73 Å². The number of carbonyl (C=O) groups excluding carboxylic acids is 2. The Hall–Kier alpha value is -2.95. The SMILES string of the molecule is CCOC(=O)C1=c2s/c(=C\c3cccc(Br)c3)c(=O)n2C(N)=C(C(=O)OC)C1c1cccc(Br)c1. The number of ether oxygens (including phenoxy) is 2. The van der Waals surface area contributed by atoms with Crippen molar-refractivity contribution in [3.63, 3.8) is 0 Å². The summed E-state index contributed by atoms with van der Waals surface area (Å²) in [6.07, 6.45) is 1.71. The molecule has 0 radical (unpaired) electrons. The third kappa shape index (κ3) is 4.78. The van der Waals surface area contributed by atoms with Crippen LogP contribution in [0.3, 0.4) is 0 Å². The first-order chi connectivity index (χ1) is 16.8. The van der Waals surface area contributed by atoms with Gasteiger partial charge in [0.15, 0.2) is 0 Å². The number of methoxy groups -OCH3 is 1. The van der Waals surface area contributed by atoms with Crippen LogP contribution in [-0.2, 0) is 19.1 Å². The molecule has 7 nitrogen and oxygen atoms in total. The summed E-state index contributed by atoms with van der Waals surface area (Å²) >= 11 is 7.99. The second-order valence-corrected chi connectivity index (χ2v) is 10.4. The van der Waals surface area contributed by atoms with E-state index in [2.05, 4.69) is 31.9 Å². The zero-order chi connectivity index (χ0) is 25.3. The fourth-order valence-corrected chi connectivity index (χ4v) is 5.93. The highest BCUT2D eigenvalue weighted by atomic mass is 79.9. The summed E-state index contributed by atoms with van der Waals surface area (Å²) in [5.41, 5.74) is 7.55. The number of carbonyl (C=O) groups is 2.